The highest BCUT2D eigenvalue weighted by atomic mass is 32.1. The molecular weight excluding hydrogens is 460 g/mol. The Labute approximate surface area is 198 Å². The standard InChI is InChI=1S/C24H22N2O5S2/c1-5-10-31-23(28)20-14(2)25-24-26(21(20)18-7-6-11-32-18)22(27)19(33-24)13-15-12-16(29-3)8-9-17(15)30-4/h5-9,11-13,21H,1,10H2,2-4H3/b19-13+. The van der Waals surface area contributed by atoms with Crippen LogP contribution in [-0.2, 0) is 9.53 Å². The predicted molar refractivity (Wildman–Crippen MR) is 129 cm³/mol. The summed E-state index contributed by atoms with van der Waals surface area (Å²) in [6.45, 7) is 5.43. The summed E-state index contributed by atoms with van der Waals surface area (Å²) in [5.41, 5.74) is 1.33. The second kappa shape index (κ2) is 9.60. The minimum atomic E-state index is -0.618. The van der Waals surface area contributed by atoms with E-state index in [0.29, 0.717) is 37.7 Å². The van der Waals surface area contributed by atoms with Crippen LogP contribution in [0.3, 0.4) is 0 Å². The number of rotatable bonds is 7. The maximum Gasteiger partial charge on any atom is 0.338 e. The van der Waals surface area contributed by atoms with E-state index in [1.807, 2.05) is 17.5 Å². The van der Waals surface area contributed by atoms with Gasteiger partial charge in [0.05, 0.1) is 30.0 Å². The molecule has 1 unspecified atom stereocenters. The van der Waals surface area contributed by atoms with Crippen molar-refractivity contribution >= 4 is 34.7 Å². The molecule has 0 bridgehead atoms. The molecule has 0 radical (unpaired) electrons. The van der Waals surface area contributed by atoms with E-state index in [1.54, 1.807) is 50.0 Å². The zero-order valence-corrected chi connectivity index (χ0v) is 20.0. The molecule has 0 amide bonds. The second-order valence-electron chi connectivity index (χ2n) is 7.09. The first-order valence-electron chi connectivity index (χ1n) is 10.0. The van der Waals surface area contributed by atoms with Crippen molar-refractivity contribution in [2.45, 2.75) is 13.0 Å². The maximum atomic E-state index is 13.6. The predicted octanol–water partition coefficient (Wildman–Crippen LogP) is 3.04. The first-order valence-corrected chi connectivity index (χ1v) is 11.7. The van der Waals surface area contributed by atoms with Gasteiger partial charge in [0.2, 0.25) is 0 Å². The van der Waals surface area contributed by atoms with Crippen molar-refractivity contribution in [1.82, 2.24) is 4.57 Å². The number of allylic oxidation sites excluding steroid dienone is 1. The number of thiophene rings is 1. The molecule has 0 aliphatic carbocycles. The van der Waals surface area contributed by atoms with E-state index in [0.717, 1.165) is 4.88 Å². The Hall–Kier alpha value is -3.43. The summed E-state index contributed by atoms with van der Waals surface area (Å²) in [5, 5.41) is 1.91. The molecule has 0 saturated heterocycles. The van der Waals surface area contributed by atoms with Gasteiger partial charge in [0, 0.05) is 10.4 Å². The minimum Gasteiger partial charge on any atom is -0.497 e. The summed E-state index contributed by atoms with van der Waals surface area (Å²) in [6.07, 6.45) is 3.26. The van der Waals surface area contributed by atoms with Crippen LogP contribution < -0.4 is 24.4 Å². The largest absolute Gasteiger partial charge is 0.497 e. The number of nitrogens with zero attached hydrogens (tertiary/aromatic N) is 2. The summed E-state index contributed by atoms with van der Waals surface area (Å²) in [7, 11) is 3.15. The number of ether oxygens (including phenoxy) is 3. The number of methoxy groups -OCH3 is 2. The van der Waals surface area contributed by atoms with Crippen molar-refractivity contribution in [2.24, 2.45) is 4.99 Å². The van der Waals surface area contributed by atoms with Crippen molar-refractivity contribution in [3.63, 3.8) is 0 Å². The highest BCUT2D eigenvalue weighted by Crippen LogP contribution is 2.33. The van der Waals surface area contributed by atoms with Crippen molar-refractivity contribution in [3.05, 3.63) is 89.8 Å². The lowest BCUT2D eigenvalue weighted by molar-refractivity contribution is -0.138. The number of carbonyl (C=O) groups excluding carboxylic acids is 1. The van der Waals surface area contributed by atoms with Crippen LogP contribution in [0.4, 0.5) is 0 Å². The fourth-order valence-corrected chi connectivity index (χ4v) is 5.47. The van der Waals surface area contributed by atoms with Gasteiger partial charge >= 0.3 is 5.97 Å². The number of benzene rings is 1. The van der Waals surface area contributed by atoms with Gasteiger partial charge < -0.3 is 14.2 Å². The number of hydrogen-bond acceptors (Lipinski definition) is 8. The average Bonchev–Trinajstić information content (AvgIpc) is 3.45. The van der Waals surface area contributed by atoms with Crippen LogP contribution in [0.2, 0.25) is 0 Å². The smallest absolute Gasteiger partial charge is 0.338 e. The van der Waals surface area contributed by atoms with E-state index in [-0.39, 0.29) is 12.2 Å². The van der Waals surface area contributed by atoms with E-state index >= 15 is 0 Å². The van der Waals surface area contributed by atoms with Gasteiger partial charge in [-0.15, -0.1) is 11.3 Å². The lowest BCUT2D eigenvalue weighted by Gasteiger charge is -2.23. The van der Waals surface area contributed by atoms with Crippen molar-refractivity contribution < 1.29 is 19.0 Å². The van der Waals surface area contributed by atoms with Crippen molar-refractivity contribution in [1.29, 1.82) is 0 Å². The molecule has 9 heteroatoms. The van der Waals surface area contributed by atoms with Crippen molar-refractivity contribution in [3.8, 4) is 11.5 Å². The van der Waals surface area contributed by atoms with E-state index in [9.17, 15) is 9.59 Å². The fourth-order valence-electron chi connectivity index (χ4n) is 3.60. The molecule has 4 rings (SSSR count). The molecular formula is C24H22N2O5S2. The molecule has 33 heavy (non-hydrogen) atoms. The average molecular weight is 483 g/mol. The Morgan fingerprint density at radius 3 is 2.76 bits per heavy atom. The van der Waals surface area contributed by atoms with Crippen LogP contribution in [-0.4, -0.2) is 31.4 Å². The first kappa shape index (κ1) is 22.8. The molecule has 1 aliphatic rings. The van der Waals surface area contributed by atoms with Crippen LogP contribution in [0.15, 0.2) is 69.4 Å². The van der Waals surface area contributed by atoms with Crippen LogP contribution in [0.25, 0.3) is 6.08 Å². The third kappa shape index (κ3) is 4.29. The highest BCUT2D eigenvalue weighted by molar-refractivity contribution is 7.10. The monoisotopic (exact) mass is 482 g/mol. The molecule has 0 saturated carbocycles. The van der Waals surface area contributed by atoms with E-state index in [2.05, 4.69) is 11.6 Å². The number of esters is 1. The molecule has 1 aromatic carbocycles. The number of thiazole rings is 1. The Bertz CT molecular complexity index is 1410. The molecule has 0 N–H and O–H groups in total. The highest BCUT2D eigenvalue weighted by Gasteiger charge is 2.33. The van der Waals surface area contributed by atoms with Crippen LogP contribution in [0.1, 0.15) is 23.4 Å². The van der Waals surface area contributed by atoms with Crippen molar-refractivity contribution in [2.75, 3.05) is 20.8 Å². The third-order valence-corrected chi connectivity index (χ3v) is 7.02. The quantitative estimate of drug-likeness (QED) is 0.382. The number of carbonyl (C=O) groups is 1. The van der Waals surface area contributed by atoms with Gasteiger partial charge in [0.25, 0.3) is 5.56 Å². The van der Waals surface area contributed by atoms with Gasteiger partial charge in [0.1, 0.15) is 24.1 Å². The molecule has 0 fully saturated rings. The molecule has 0 spiro atoms. The summed E-state index contributed by atoms with van der Waals surface area (Å²) in [6, 6.07) is 8.55. The minimum absolute atomic E-state index is 0.0762. The topological polar surface area (TPSA) is 79.1 Å². The summed E-state index contributed by atoms with van der Waals surface area (Å²) in [4.78, 5) is 32.4. The molecule has 1 aliphatic heterocycles. The fraction of sp³-hybridized carbons (Fsp3) is 0.208. The van der Waals surface area contributed by atoms with Gasteiger partial charge in [0.15, 0.2) is 4.80 Å². The van der Waals surface area contributed by atoms with Gasteiger partial charge in [-0.1, -0.05) is 30.1 Å². The molecule has 3 heterocycles. The SMILES string of the molecule is C=CCOC(=O)C1=C(C)N=c2s/c(=C/c3cc(OC)ccc3OC)c(=O)n2C1c1cccs1. The zero-order chi connectivity index (χ0) is 23.5. The van der Waals surface area contributed by atoms with Crippen LogP contribution >= 0.6 is 22.7 Å². The number of hydrogen-bond donors (Lipinski definition) is 0. The van der Waals surface area contributed by atoms with Gasteiger partial charge in [-0.05, 0) is 42.6 Å². The lowest BCUT2D eigenvalue weighted by atomic mass is 10.0. The van der Waals surface area contributed by atoms with Gasteiger partial charge in [-0.25, -0.2) is 9.79 Å². The summed E-state index contributed by atoms with van der Waals surface area (Å²) in [5.74, 6) is 0.744. The van der Waals surface area contributed by atoms with E-state index < -0.39 is 12.0 Å². The zero-order valence-electron chi connectivity index (χ0n) is 18.4. The first-order chi connectivity index (χ1) is 16.0. The summed E-state index contributed by atoms with van der Waals surface area (Å²) < 4.78 is 18.1. The maximum absolute atomic E-state index is 13.6. The Morgan fingerprint density at radius 1 is 1.27 bits per heavy atom. The Balaban J connectivity index is 1.92. The normalized spacial score (nSPS) is 15.6. The molecule has 1 atom stereocenters. The summed E-state index contributed by atoms with van der Waals surface area (Å²) >= 11 is 2.73. The van der Waals surface area contributed by atoms with Crippen LogP contribution in [0.5, 0.6) is 11.5 Å². The van der Waals surface area contributed by atoms with Gasteiger partial charge in [-0.3, -0.25) is 9.36 Å². The van der Waals surface area contributed by atoms with E-state index in [1.165, 1.54) is 28.7 Å². The van der Waals surface area contributed by atoms with Gasteiger partial charge in [-0.2, -0.15) is 0 Å². The number of fused-ring (bicyclic) bond motifs is 1. The van der Waals surface area contributed by atoms with Crippen LogP contribution in [0, 0.1) is 0 Å². The third-order valence-electron chi connectivity index (χ3n) is 5.11. The Kier molecular flexibility index (Phi) is 6.62. The van der Waals surface area contributed by atoms with E-state index in [4.69, 9.17) is 14.2 Å². The molecule has 2 aromatic heterocycles. The molecule has 170 valence electrons. The lowest BCUT2D eigenvalue weighted by Crippen LogP contribution is -2.39. The molecule has 3 aromatic rings. The second-order valence-corrected chi connectivity index (χ2v) is 9.08. The molecule has 7 nitrogen and oxygen atoms in total. The number of aromatic nitrogens is 1. The Morgan fingerprint density at radius 2 is 2.09 bits per heavy atom.